The SMILES string of the molecule is COc1ccc(Br)cc1CNC(=O)CCc1ccc(F)cc1. The minimum Gasteiger partial charge on any atom is -0.496 e. The zero-order valence-corrected chi connectivity index (χ0v) is 13.8. The van der Waals surface area contributed by atoms with E-state index in [0.717, 1.165) is 21.3 Å². The number of hydrogen-bond acceptors (Lipinski definition) is 2. The van der Waals surface area contributed by atoms with Gasteiger partial charge in [0.2, 0.25) is 5.91 Å². The first kappa shape index (κ1) is 16.5. The van der Waals surface area contributed by atoms with Crippen molar-refractivity contribution in [2.75, 3.05) is 7.11 Å². The van der Waals surface area contributed by atoms with E-state index in [0.29, 0.717) is 19.4 Å². The summed E-state index contributed by atoms with van der Waals surface area (Å²) in [7, 11) is 1.60. The number of methoxy groups -OCH3 is 1. The Hall–Kier alpha value is -1.88. The molecule has 0 atom stereocenters. The molecule has 0 aromatic heterocycles. The van der Waals surface area contributed by atoms with Crippen LogP contribution in [0.25, 0.3) is 0 Å². The highest BCUT2D eigenvalue weighted by Crippen LogP contribution is 2.22. The van der Waals surface area contributed by atoms with Crippen LogP contribution in [0.15, 0.2) is 46.9 Å². The molecule has 0 aliphatic rings. The summed E-state index contributed by atoms with van der Waals surface area (Å²) < 4.78 is 19.0. The largest absolute Gasteiger partial charge is 0.496 e. The van der Waals surface area contributed by atoms with Gasteiger partial charge in [0.15, 0.2) is 0 Å². The van der Waals surface area contributed by atoms with E-state index in [4.69, 9.17) is 4.74 Å². The summed E-state index contributed by atoms with van der Waals surface area (Å²) >= 11 is 3.40. The zero-order valence-electron chi connectivity index (χ0n) is 12.2. The highest BCUT2D eigenvalue weighted by atomic mass is 79.9. The number of nitrogens with one attached hydrogen (secondary N) is 1. The Morgan fingerprint density at radius 1 is 1.23 bits per heavy atom. The molecule has 0 fully saturated rings. The Bertz CT molecular complexity index is 644. The lowest BCUT2D eigenvalue weighted by molar-refractivity contribution is -0.121. The van der Waals surface area contributed by atoms with Crippen LogP contribution < -0.4 is 10.1 Å². The second kappa shape index (κ2) is 7.94. The molecule has 2 aromatic carbocycles. The molecule has 0 aliphatic heterocycles. The maximum absolute atomic E-state index is 12.8. The van der Waals surface area contributed by atoms with Crippen molar-refractivity contribution in [1.29, 1.82) is 0 Å². The molecule has 2 rings (SSSR count). The zero-order chi connectivity index (χ0) is 15.9. The predicted octanol–water partition coefficient (Wildman–Crippen LogP) is 3.85. The standard InChI is InChI=1S/C17H17BrFNO2/c1-22-16-8-5-14(18)10-13(16)11-20-17(21)9-4-12-2-6-15(19)7-3-12/h2-3,5-8,10H,4,9,11H2,1H3,(H,20,21). The van der Waals surface area contributed by atoms with Gasteiger partial charge >= 0.3 is 0 Å². The maximum Gasteiger partial charge on any atom is 0.220 e. The quantitative estimate of drug-likeness (QED) is 0.844. The number of benzene rings is 2. The molecule has 0 spiro atoms. The lowest BCUT2D eigenvalue weighted by atomic mass is 10.1. The highest BCUT2D eigenvalue weighted by Gasteiger charge is 2.07. The van der Waals surface area contributed by atoms with Crippen LogP contribution in [-0.4, -0.2) is 13.0 Å². The van der Waals surface area contributed by atoms with E-state index in [-0.39, 0.29) is 11.7 Å². The average molecular weight is 366 g/mol. The predicted molar refractivity (Wildman–Crippen MR) is 87.3 cm³/mol. The molecular weight excluding hydrogens is 349 g/mol. The molecule has 3 nitrogen and oxygen atoms in total. The molecule has 0 bridgehead atoms. The number of aryl methyl sites for hydroxylation is 1. The van der Waals surface area contributed by atoms with Gasteiger partial charge in [-0.25, -0.2) is 4.39 Å². The Morgan fingerprint density at radius 2 is 1.95 bits per heavy atom. The Balaban J connectivity index is 1.85. The molecule has 0 saturated carbocycles. The van der Waals surface area contributed by atoms with Crippen molar-refractivity contribution < 1.29 is 13.9 Å². The Kier molecular flexibility index (Phi) is 5.95. The van der Waals surface area contributed by atoms with Crippen LogP contribution in [0.1, 0.15) is 17.5 Å². The number of rotatable bonds is 6. The van der Waals surface area contributed by atoms with E-state index >= 15 is 0 Å². The van der Waals surface area contributed by atoms with Gasteiger partial charge in [-0.15, -0.1) is 0 Å². The van der Waals surface area contributed by atoms with Gasteiger partial charge in [-0.1, -0.05) is 28.1 Å². The van der Waals surface area contributed by atoms with E-state index in [1.807, 2.05) is 18.2 Å². The first-order chi connectivity index (χ1) is 10.6. The third kappa shape index (κ3) is 4.84. The second-order valence-electron chi connectivity index (χ2n) is 4.86. The Labute approximate surface area is 137 Å². The number of carbonyl (C=O) groups excluding carboxylic acids is 1. The van der Waals surface area contributed by atoms with Crippen molar-refractivity contribution in [2.45, 2.75) is 19.4 Å². The van der Waals surface area contributed by atoms with Gasteiger partial charge in [0, 0.05) is 23.0 Å². The summed E-state index contributed by atoms with van der Waals surface area (Å²) in [5, 5.41) is 2.87. The van der Waals surface area contributed by atoms with Crippen LogP contribution in [-0.2, 0) is 17.8 Å². The highest BCUT2D eigenvalue weighted by molar-refractivity contribution is 9.10. The lowest BCUT2D eigenvalue weighted by Gasteiger charge is -2.10. The minimum absolute atomic E-state index is 0.0497. The van der Waals surface area contributed by atoms with Gasteiger partial charge < -0.3 is 10.1 Å². The Morgan fingerprint density at radius 3 is 2.64 bits per heavy atom. The van der Waals surface area contributed by atoms with Gasteiger partial charge in [-0.05, 0) is 42.3 Å². The van der Waals surface area contributed by atoms with Crippen molar-refractivity contribution in [3.8, 4) is 5.75 Å². The fourth-order valence-corrected chi connectivity index (χ4v) is 2.48. The van der Waals surface area contributed by atoms with Crippen LogP contribution in [0.3, 0.4) is 0 Å². The molecule has 116 valence electrons. The van der Waals surface area contributed by atoms with Crippen molar-refractivity contribution in [3.63, 3.8) is 0 Å². The fraction of sp³-hybridized carbons (Fsp3) is 0.235. The summed E-state index contributed by atoms with van der Waals surface area (Å²) in [4.78, 5) is 11.9. The second-order valence-corrected chi connectivity index (χ2v) is 5.78. The molecule has 0 unspecified atom stereocenters. The molecule has 0 saturated heterocycles. The van der Waals surface area contributed by atoms with Gasteiger partial charge in [0.25, 0.3) is 0 Å². The number of halogens is 2. The van der Waals surface area contributed by atoms with Crippen molar-refractivity contribution >= 4 is 21.8 Å². The molecule has 1 N–H and O–H groups in total. The normalized spacial score (nSPS) is 10.3. The molecule has 0 aliphatic carbocycles. The van der Waals surface area contributed by atoms with Crippen LogP contribution in [0.5, 0.6) is 5.75 Å². The smallest absolute Gasteiger partial charge is 0.220 e. The summed E-state index contributed by atoms with van der Waals surface area (Å²) in [6.45, 7) is 0.408. The number of carbonyl (C=O) groups is 1. The third-order valence-corrected chi connectivity index (χ3v) is 3.77. The van der Waals surface area contributed by atoms with Crippen LogP contribution in [0, 0.1) is 5.82 Å². The molecule has 22 heavy (non-hydrogen) atoms. The molecule has 0 heterocycles. The first-order valence-electron chi connectivity index (χ1n) is 6.92. The lowest BCUT2D eigenvalue weighted by Crippen LogP contribution is -2.23. The van der Waals surface area contributed by atoms with E-state index in [2.05, 4.69) is 21.2 Å². The first-order valence-corrected chi connectivity index (χ1v) is 7.71. The van der Waals surface area contributed by atoms with Crippen LogP contribution in [0.2, 0.25) is 0 Å². The van der Waals surface area contributed by atoms with Gasteiger partial charge in [-0.2, -0.15) is 0 Å². The fourth-order valence-electron chi connectivity index (χ4n) is 2.08. The average Bonchev–Trinajstić information content (AvgIpc) is 2.52. The minimum atomic E-state index is -0.269. The van der Waals surface area contributed by atoms with Crippen LogP contribution in [0.4, 0.5) is 4.39 Å². The number of ether oxygens (including phenoxy) is 1. The molecular formula is C17H17BrFNO2. The van der Waals surface area contributed by atoms with Crippen molar-refractivity contribution in [3.05, 3.63) is 63.9 Å². The topological polar surface area (TPSA) is 38.3 Å². The molecule has 5 heteroatoms. The van der Waals surface area contributed by atoms with E-state index < -0.39 is 0 Å². The summed E-state index contributed by atoms with van der Waals surface area (Å²) in [5.74, 6) is 0.420. The summed E-state index contributed by atoms with van der Waals surface area (Å²) in [5.41, 5.74) is 1.85. The van der Waals surface area contributed by atoms with E-state index in [9.17, 15) is 9.18 Å². The van der Waals surface area contributed by atoms with Gasteiger partial charge in [0.05, 0.1) is 7.11 Å². The molecule has 1 amide bonds. The van der Waals surface area contributed by atoms with Crippen molar-refractivity contribution in [2.24, 2.45) is 0 Å². The molecule has 2 aromatic rings. The van der Waals surface area contributed by atoms with Crippen molar-refractivity contribution in [1.82, 2.24) is 5.32 Å². The third-order valence-electron chi connectivity index (χ3n) is 3.27. The van der Waals surface area contributed by atoms with Gasteiger partial charge in [-0.3, -0.25) is 4.79 Å². The summed E-state index contributed by atoms with van der Waals surface area (Å²) in [6, 6.07) is 11.8. The maximum atomic E-state index is 12.8. The molecule has 0 radical (unpaired) electrons. The van der Waals surface area contributed by atoms with Gasteiger partial charge in [0.1, 0.15) is 11.6 Å². The summed E-state index contributed by atoms with van der Waals surface area (Å²) in [6.07, 6.45) is 0.948. The monoisotopic (exact) mass is 365 g/mol. The number of hydrogen-bond donors (Lipinski definition) is 1. The number of amides is 1. The van der Waals surface area contributed by atoms with E-state index in [1.54, 1.807) is 19.2 Å². The van der Waals surface area contributed by atoms with E-state index in [1.165, 1.54) is 12.1 Å². The van der Waals surface area contributed by atoms with Crippen LogP contribution >= 0.6 is 15.9 Å².